The molecular weight excluding hydrogens is 248 g/mol. The summed E-state index contributed by atoms with van der Waals surface area (Å²) in [6.07, 6.45) is -0.455. The number of aromatic nitrogens is 1. The zero-order chi connectivity index (χ0) is 13.8. The standard InChI is InChI=1S/C13H18N2O2S/c1-9-10(2)18-11(15-9)7-6-8-14-12(16)17-13(3,4)5/h8H2,1-5H3,(H,14,16). The summed E-state index contributed by atoms with van der Waals surface area (Å²) in [7, 11) is 0. The molecule has 0 aliphatic carbocycles. The number of amides is 1. The minimum absolute atomic E-state index is 0.257. The van der Waals surface area contributed by atoms with Crippen LogP contribution in [0.1, 0.15) is 36.3 Å². The Labute approximate surface area is 112 Å². The third-order valence-electron chi connectivity index (χ3n) is 1.94. The van der Waals surface area contributed by atoms with Crippen LogP contribution in [0.3, 0.4) is 0 Å². The maximum Gasteiger partial charge on any atom is 0.408 e. The van der Waals surface area contributed by atoms with E-state index in [0.29, 0.717) is 0 Å². The van der Waals surface area contributed by atoms with E-state index in [0.717, 1.165) is 10.7 Å². The molecule has 1 aromatic heterocycles. The van der Waals surface area contributed by atoms with Crippen LogP contribution < -0.4 is 5.32 Å². The van der Waals surface area contributed by atoms with Gasteiger partial charge in [0.2, 0.25) is 0 Å². The summed E-state index contributed by atoms with van der Waals surface area (Å²) in [6, 6.07) is 0. The zero-order valence-corrected chi connectivity index (χ0v) is 12.2. The van der Waals surface area contributed by atoms with Crippen LogP contribution in [0.15, 0.2) is 0 Å². The Hall–Kier alpha value is -1.54. The average Bonchev–Trinajstić information content (AvgIpc) is 2.51. The molecule has 0 saturated carbocycles. The number of nitrogens with one attached hydrogen (secondary N) is 1. The van der Waals surface area contributed by atoms with Gasteiger partial charge in [0.05, 0.1) is 12.2 Å². The Balaban J connectivity index is 2.41. The third-order valence-corrected chi connectivity index (χ3v) is 2.93. The molecule has 5 heteroatoms. The van der Waals surface area contributed by atoms with Crippen LogP contribution in [-0.2, 0) is 4.74 Å². The SMILES string of the molecule is Cc1nc(C#CCNC(=O)OC(C)(C)C)sc1C. The average molecular weight is 266 g/mol. The molecule has 0 aliphatic heterocycles. The number of carbonyl (C=O) groups excluding carboxylic acids is 1. The molecule has 1 heterocycles. The van der Waals surface area contributed by atoms with E-state index >= 15 is 0 Å². The molecule has 0 fully saturated rings. The van der Waals surface area contributed by atoms with E-state index in [1.165, 1.54) is 4.88 Å². The lowest BCUT2D eigenvalue weighted by Crippen LogP contribution is -2.32. The topological polar surface area (TPSA) is 51.2 Å². The molecule has 98 valence electrons. The first-order valence-electron chi connectivity index (χ1n) is 5.67. The van der Waals surface area contributed by atoms with E-state index < -0.39 is 11.7 Å². The molecule has 0 atom stereocenters. The van der Waals surface area contributed by atoms with Crippen molar-refractivity contribution < 1.29 is 9.53 Å². The quantitative estimate of drug-likeness (QED) is 0.795. The van der Waals surface area contributed by atoms with E-state index in [1.54, 1.807) is 11.3 Å². The van der Waals surface area contributed by atoms with Crippen LogP contribution in [-0.4, -0.2) is 23.2 Å². The summed E-state index contributed by atoms with van der Waals surface area (Å²) >= 11 is 1.55. The third kappa shape index (κ3) is 5.19. The number of aryl methyl sites for hydroxylation is 2. The van der Waals surface area contributed by atoms with E-state index in [2.05, 4.69) is 22.1 Å². The molecule has 0 aliphatic rings. The number of carbonyl (C=O) groups is 1. The normalized spacial score (nSPS) is 10.5. The molecule has 1 rings (SSSR count). The summed E-state index contributed by atoms with van der Waals surface area (Å²) in [5.74, 6) is 5.76. The Bertz CT molecular complexity index is 470. The van der Waals surface area contributed by atoms with Gasteiger partial charge < -0.3 is 10.1 Å². The molecule has 0 bridgehead atoms. The first-order valence-corrected chi connectivity index (χ1v) is 6.49. The number of alkyl carbamates (subject to hydrolysis) is 1. The van der Waals surface area contributed by atoms with Crippen LogP contribution in [0.25, 0.3) is 0 Å². The van der Waals surface area contributed by atoms with Crippen molar-refractivity contribution in [3.8, 4) is 11.8 Å². The lowest BCUT2D eigenvalue weighted by molar-refractivity contribution is 0.0535. The Morgan fingerprint density at radius 2 is 2.11 bits per heavy atom. The summed E-state index contributed by atoms with van der Waals surface area (Å²) < 4.78 is 5.08. The Kier molecular flexibility index (Phi) is 4.74. The minimum atomic E-state index is -0.485. The molecule has 18 heavy (non-hydrogen) atoms. The van der Waals surface area contributed by atoms with Crippen LogP contribution in [0.4, 0.5) is 4.79 Å². The maximum atomic E-state index is 11.3. The van der Waals surface area contributed by atoms with Crippen molar-refractivity contribution in [1.82, 2.24) is 10.3 Å². The lowest BCUT2D eigenvalue weighted by Gasteiger charge is -2.18. The van der Waals surface area contributed by atoms with Crippen LogP contribution in [0.2, 0.25) is 0 Å². The van der Waals surface area contributed by atoms with Crippen molar-refractivity contribution >= 4 is 17.4 Å². The first-order chi connectivity index (χ1) is 8.28. The zero-order valence-electron chi connectivity index (χ0n) is 11.4. The summed E-state index contributed by atoms with van der Waals surface area (Å²) in [5, 5.41) is 3.35. The highest BCUT2D eigenvalue weighted by Gasteiger charge is 2.14. The fourth-order valence-corrected chi connectivity index (χ4v) is 1.87. The van der Waals surface area contributed by atoms with E-state index in [9.17, 15) is 4.79 Å². The summed E-state index contributed by atoms with van der Waals surface area (Å²) in [6.45, 7) is 9.68. The molecule has 0 saturated heterocycles. The van der Waals surface area contributed by atoms with Crippen molar-refractivity contribution in [2.45, 2.75) is 40.2 Å². The minimum Gasteiger partial charge on any atom is -0.444 e. The van der Waals surface area contributed by atoms with Crippen LogP contribution in [0.5, 0.6) is 0 Å². The molecule has 0 radical (unpaired) electrons. The van der Waals surface area contributed by atoms with Crippen molar-refractivity contribution in [1.29, 1.82) is 0 Å². The largest absolute Gasteiger partial charge is 0.444 e. The second-order valence-electron chi connectivity index (χ2n) is 4.82. The van der Waals surface area contributed by atoms with Gasteiger partial charge in [0, 0.05) is 4.88 Å². The van der Waals surface area contributed by atoms with Gasteiger partial charge in [-0.3, -0.25) is 0 Å². The smallest absolute Gasteiger partial charge is 0.408 e. The molecule has 0 aromatic carbocycles. The van der Waals surface area contributed by atoms with Crippen molar-refractivity contribution in [3.63, 3.8) is 0 Å². The van der Waals surface area contributed by atoms with Gasteiger partial charge in [-0.15, -0.1) is 11.3 Å². The van der Waals surface area contributed by atoms with Gasteiger partial charge >= 0.3 is 6.09 Å². The van der Waals surface area contributed by atoms with Gasteiger partial charge in [0.15, 0.2) is 5.01 Å². The second kappa shape index (κ2) is 5.87. The number of hydrogen-bond acceptors (Lipinski definition) is 4. The molecule has 1 N–H and O–H groups in total. The summed E-state index contributed by atoms with van der Waals surface area (Å²) in [5.41, 5.74) is 0.519. The predicted octanol–water partition coefficient (Wildman–Crippen LogP) is 2.64. The monoisotopic (exact) mass is 266 g/mol. The van der Waals surface area contributed by atoms with E-state index in [4.69, 9.17) is 4.74 Å². The number of rotatable bonds is 1. The van der Waals surface area contributed by atoms with Crippen molar-refractivity contribution in [2.24, 2.45) is 0 Å². The molecule has 1 amide bonds. The van der Waals surface area contributed by atoms with Gasteiger partial charge in [-0.1, -0.05) is 5.92 Å². The Morgan fingerprint density at radius 3 is 2.61 bits per heavy atom. The van der Waals surface area contributed by atoms with Crippen LogP contribution in [0, 0.1) is 25.7 Å². The van der Waals surface area contributed by atoms with E-state index in [-0.39, 0.29) is 6.54 Å². The molecular formula is C13H18N2O2S. The molecule has 0 unspecified atom stereocenters. The van der Waals surface area contributed by atoms with Crippen molar-refractivity contribution in [3.05, 3.63) is 15.6 Å². The Morgan fingerprint density at radius 1 is 1.44 bits per heavy atom. The highest BCUT2D eigenvalue weighted by Crippen LogP contribution is 2.14. The van der Waals surface area contributed by atoms with Gasteiger partial charge in [0.25, 0.3) is 0 Å². The van der Waals surface area contributed by atoms with Gasteiger partial charge in [-0.05, 0) is 40.5 Å². The number of ether oxygens (including phenoxy) is 1. The highest BCUT2D eigenvalue weighted by atomic mass is 32.1. The molecule has 4 nitrogen and oxygen atoms in total. The number of nitrogens with zero attached hydrogens (tertiary/aromatic N) is 1. The number of thiazole rings is 1. The van der Waals surface area contributed by atoms with Crippen LogP contribution >= 0.6 is 11.3 Å². The molecule has 0 spiro atoms. The van der Waals surface area contributed by atoms with Crippen molar-refractivity contribution in [2.75, 3.05) is 6.54 Å². The first kappa shape index (κ1) is 14.5. The second-order valence-corrected chi connectivity index (χ2v) is 6.02. The van der Waals surface area contributed by atoms with Gasteiger partial charge in [-0.25, -0.2) is 9.78 Å². The van der Waals surface area contributed by atoms with Gasteiger partial charge in [0.1, 0.15) is 5.60 Å². The van der Waals surface area contributed by atoms with Gasteiger partial charge in [-0.2, -0.15) is 0 Å². The predicted molar refractivity (Wildman–Crippen MR) is 72.7 cm³/mol. The maximum absolute atomic E-state index is 11.3. The highest BCUT2D eigenvalue weighted by molar-refractivity contribution is 7.12. The fourth-order valence-electron chi connectivity index (χ4n) is 1.08. The number of hydrogen-bond donors (Lipinski definition) is 1. The lowest BCUT2D eigenvalue weighted by atomic mass is 10.2. The fraction of sp³-hybridized carbons (Fsp3) is 0.538. The summed E-state index contributed by atoms with van der Waals surface area (Å²) in [4.78, 5) is 16.8. The van der Waals surface area contributed by atoms with E-state index in [1.807, 2.05) is 34.6 Å². The molecule has 1 aromatic rings.